The number of carbonyl (C=O) groups excluding carboxylic acids is 1. The van der Waals surface area contributed by atoms with Crippen molar-refractivity contribution in [2.45, 2.75) is 38.2 Å². The van der Waals surface area contributed by atoms with Gasteiger partial charge in [0.25, 0.3) is 0 Å². The molecule has 17 heavy (non-hydrogen) atoms. The van der Waals surface area contributed by atoms with Crippen molar-refractivity contribution in [1.29, 1.82) is 0 Å². The topological polar surface area (TPSA) is 46.5 Å². The molecule has 1 N–H and O–H groups in total. The minimum Gasteiger partial charge on any atom is -0.466 e. The van der Waals surface area contributed by atoms with Gasteiger partial charge >= 0.3 is 5.97 Å². The maximum Gasteiger partial charge on any atom is 0.308 e. The first-order valence-electron chi connectivity index (χ1n) is 6.07. The van der Waals surface area contributed by atoms with Gasteiger partial charge in [-0.25, -0.2) is 0 Å². The van der Waals surface area contributed by atoms with Gasteiger partial charge in [-0.1, -0.05) is 0 Å². The van der Waals surface area contributed by atoms with E-state index in [4.69, 9.17) is 4.74 Å². The van der Waals surface area contributed by atoms with E-state index in [-0.39, 0.29) is 11.9 Å². The molecule has 4 heteroatoms. The van der Waals surface area contributed by atoms with Crippen LogP contribution in [0.5, 0.6) is 0 Å². The van der Waals surface area contributed by atoms with Gasteiger partial charge < -0.3 is 9.84 Å². The fraction of sp³-hybridized carbons (Fsp3) is 0.615. The lowest BCUT2D eigenvalue weighted by Crippen LogP contribution is -2.34. The summed E-state index contributed by atoms with van der Waals surface area (Å²) in [7, 11) is 0. The van der Waals surface area contributed by atoms with E-state index in [0.717, 1.165) is 5.56 Å². The summed E-state index contributed by atoms with van der Waals surface area (Å²) in [5.74, 6) is -0.145. The van der Waals surface area contributed by atoms with Crippen LogP contribution in [0.3, 0.4) is 0 Å². The first-order chi connectivity index (χ1) is 8.15. The fourth-order valence-electron chi connectivity index (χ4n) is 2.41. The maximum absolute atomic E-state index is 11.6. The zero-order chi connectivity index (χ0) is 12.3. The Morgan fingerprint density at radius 1 is 1.59 bits per heavy atom. The summed E-state index contributed by atoms with van der Waals surface area (Å²) >= 11 is 1.60. The Bertz CT molecular complexity index is 364. The Balaban J connectivity index is 1.96. The van der Waals surface area contributed by atoms with Crippen molar-refractivity contribution in [3.8, 4) is 0 Å². The van der Waals surface area contributed by atoms with Gasteiger partial charge in [0.1, 0.15) is 0 Å². The Labute approximate surface area is 105 Å². The quantitative estimate of drug-likeness (QED) is 0.844. The van der Waals surface area contributed by atoms with Crippen LogP contribution in [0, 0.1) is 5.92 Å². The molecule has 1 fully saturated rings. The molecular formula is C13H18O3S. The number of aliphatic hydroxyl groups is 1. The average molecular weight is 254 g/mol. The van der Waals surface area contributed by atoms with Gasteiger partial charge in [0.05, 0.1) is 18.1 Å². The number of rotatable bonds is 3. The lowest BCUT2D eigenvalue weighted by molar-refractivity contribution is -0.151. The predicted octanol–water partition coefficient (Wildman–Crippen LogP) is 2.69. The zero-order valence-electron chi connectivity index (χ0n) is 10.0. The van der Waals surface area contributed by atoms with Crippen molar-refractivity contribution >= 4 is 17.3 Å². The predicted molar refractivity (Wildman–Crippen MR) is 66.8 cm³/mol. The van der Waals surface area contributed by atoms with E-state index in [0.29, 0.717) is 32.3 Å². The van der Waals surface area contributed by atoms with Crippen LogP contribution in [-0.2, 0) is 15.1 Å². The van der Waals surface area contributed by atoms with Crippen molar-refractivity contribution < 1.29 is 14.6 Å². The highest BCUT2D eigenvalue weighted by Gasteiger charge is 2.37. The fourth-order valence-corrected chi connectivity index (χ4v) is 3.16. The Hall–Kier alpha value is -0.870. The number of esters is 1. The summed E-state index contributed by atoms with van der Waals surface area (Å²) in [6, 6.07) is 1.97. The molecule has 0 spiro atoms. The Kier molecular flexibility index (Phi) is 3.84. The number of ether oxygens (including phenoxy) is 1. The minimum absolute atomic E-state index is 0.0335. The maximum atomic E-state index is 11.6. The largest absolute Gasteiger partial charge is 0.466 e. The summed E-state index contributed by atoms with van der Waals surface area (Å²) in [6.45, 7) is 2.26. The third kappa shape index (κ3) is 2.69. The van der Waals surface area contributed by atoms with Crippen molar-refractivity contribution in [1.82, 2.24) is 0 Å². The highest BCUT2D eigenvalue weighted by atomic mass is 32.1. The molecule has 1 heterocycles. The molecule has 0 amide bonds. The van der Waals surface area contributed by atoms with Crippen molar-refractivity contribution in [3.05, 3.63) is 22.4 Å². The summed E-state index contributed by atoms with van der Waals surface area (Å²) in [5, 5.41) is 14.5. The van der Waals surface area contributed by atoms with Gasteiger partial charge in [0.15, 0.2) is 0 Å². The highest BCUT2D eigenvalue weighted by molar-refractivity contribution is 7.08. The van der Waals surface area contributed by atoms with Gasteiger partial charge in [-0.2, -0.15) is 11.3 Å². The van der Waals surface area contributed by atoms with Crippen LogP contribution < -0.4 is 0 Å². The average Bonchev–Trinajstić information content (AvgIpc) is 2.84. The molecule has 0 unspecified atom stereocenters. The van der Waals surface area contributed by atoms with Gasteiger partial charge in [-0.15, -0.1) is 0 Å². The first-order valence-corrected chi connectivity index (χ1v) is 7.01. The van der Waals surface area contributed by atoms with Crippen LogP contribution in [0.15, 0.2) is 16.8 Å². The van der Waals surface area contributed by atoms with E-state index >= 15 is 0 Å². The van der Waals surface area contributed by atoms with Crippen LogP contribution in [0.25, 0.3) is 0 Å². The zero-order valence-corrected chi connectivity index (χ0v) is 10.8. The molecule has 2 rings (SSSR count). The summed E-state index contributed by atoms with van der Waals surface area (Å²) in [5.41, 5.74) is 0.257. The number of hydrogen-bond donors (Lipinski definition) is 1. The summed E-state index contributed by atoms with van der Waals surface area (Å²) in [4.78, 5) is 11.6. The molecule has 1 saturated carbocycles. The van der Waals surface area contributed by atoms with E-state index in [1.54, 1.807) is 11.3 Å². The van der Waals surface area contributed by atoms with E-state index in [2.05, 4.69) is 0 Å². The Morgan fingerprint density at radius 3 is 2.82 bits per heavy atom. The SMILES string of the molecule is CCOC(=O)C1CCC(O)(c2ccsc2)CC1. The standard InChI is InChI=1S/C13H18O3S/c1-2-16-12(14)10-3-6-13(15,7-4-10)11-5-8-17-9-11/h5,8-10,15H,2-4,6-7H2,1H3. The van der Waals surface area contributed by atoms with E-state index in [1.807, 2.05) is 23.8 Å². The molecule has 0 bridgehead atoms. The van der Waals surface area contributed by atoms with Crippen molar-refractivity contribution in [2.75, 3.05) is 6.61 Å². The third-order valence-corrected chi connectivity index (χ3v) is 4.17. The molecule has 1 aromatic heterocycles. The molecule has 0 atom stereocenters. The van der Waals surface area contributed by atoms with Crippen molar-refractivity contribution in [3.63, 3.8) is 0 Å². The summed E-state index contributed by atoms with van der Waals surface area (Å²) < 4.78 is 5.02. The number of hydrogen-bond acceptors (Lipinski definition) is 4. The monoisotopic (exact) mass is 254 g/mol. The first kappa shape index (κ1) is 12.6. The van der Waals surface area contributed by atoms with Crippen LogP contribution in [0.4, 0.5) is 0 Å². The molecule has 0 radical (unpaired) electrons. The van der Waals surface area contributed by atoms with Crippen LogP contribution in [0.2, 0.25) is 0 Å². The molecule has 1 aromatic rings. The van der Waals surface area contributed by atoms with Crippen LogP contribution in [0.1, 0.15) is 38.2 Å². The minimum atomic E-state index is -0.733. The third-order valence-electron chi connectivity index (χ3n) is 3.49. The molecule has 0 saturated heterocycles. The van der Waals surface area contributed by atoms with Crippen molar-refractivity contribution in [2.24, 2.45) is 5.92 Å². The van der Waals surface area contributed by atoms with Crippen LogP contribution in [-0.4, -0.2) is 17.7 Å². The van der Waals surface area contributed by atoms with Gasteiger partial charge in [0, 0.05) is 0 Å². The van der Waals surface area contributed by atoms with E-state index in [1.165, 1.54) is 0 Å². The molecule has 0 aromatic carbocycles. The molecule has 1 aliphatic carbocycles. The normalized spacial score (nSPS) is 28.9. The highest BCUT2D eigenvalue weighted by Crippen LogP contribution is 2.40. The number of carbonyl (C=O) groups is 1. The lowest BCUT2D eigenvalue weighted by atomic mass is 9.76. The second-order valence-electron chi connectivity index (χ2n) is 4.57. The smallest absolute Gasteiger partial charge is 0.308 e. The molecular weight excluding hydrogens is 236 g/mol. The van der Waals surface area contributed by atoms with Gasteiger partial charge in [0.2, 0.25) is 0 Å². The number of thiophene rings is 1. The molecule has 94 valence electrons. The molecule has 3 nitrogen and oxygen atoms in total. The second-order valence-corrected chi connectivity index (χ2v) is 5.35. The second kappa shape index (κ2) is 5.19. The van der Waals surface area contributed by atoms with E-state index < -0.39 is 5.60 Å². The van der Waals surface area contributed by atoms with Crippen LogP contribution >= 0.6 is 11.3 Å². The lowest BCUT2D eigenvalue weighted by Gasteiger charge is -2.34. The van der Waals surface area contributed by atoms with Gasteiger partial charge in [-0.05, 0) is 55.0 Å². The van der Waals surface area contributed by atoms with Gasteiger partial charge in [-0.3, -0.25) is 4.79 Å². The summed E-state index contributed by atoms with van der Waals surface area (Å²) in [6.07, 6.45) is 2.72. The molecule has 0 aliphatic heterocycles. The van der Waals surface area contributed by atoms with E-state index in [9.17, 15) is 9.90 Å². The molecule has 1 aliphatic rings. The Morgan fingerprint density at radius 2 is 2.29 bits per heavy atom.